The number of hydrogen-bond donors (Lipinski definition) is 2. The first-order valence-corrected chi connectivity index (χ1v) is 7.24. The van der Waals surface area contributed by atoms with Gasteiger partial charge in [0.05, 0.1) is 0 Å². The Labute approximate surface area is 134 Å². The SMILES string of the molecule is Cc1ccc(NC(=O)CC(=O)Nc2ccc(Cl)cc2)c(C)c1. The fourth-order valence-electron chi connectivity index (χ4n) is 2.03. The first-order chi connectivity index (χ1) is 10.4. The fourth-order valence-corrected chi connectivity index (χ4v) is 2.16. The average Bonchev–Trinajstić information content (AvgIpc) is 2.44. The lowest BCUT2D eigenvalue weighted by Gasteiger charge is -2.09. The van der Waals surface area contributed by atoms with Gasteiger partial charge in [-0.2, -0.15) is 0 Å². The topological polar surface area (TPSA) is 58.2 Å². The number of rotatable bonds is 4. The van der Waals surface area contributed by atoms with Gasteiger partial charge in [0.1, 0.15) is 6.42 Å². The van der Waals surface area contributed by atoms with E-state index in [-0.39, 0.29) is 18.2 Å². The quantitative estimate of drug-likeness (QED) is 0.840. The van der Waals surface area contributed by atoms with Crippen LogP contribution in [0.1, 0.15) is 17.5 Å². The second-order valence-electron chi connectivity index (χ2n) is 5.10. The third kappa shape index (κ3) is 4.60. The van der Waals surface area contributed by atoms with Crippen LogP contribution in [-0.4, -0.2) is 11.8 Å². The molecule has 0 saturated heterocycles. The molecule has 0 fully saturated rings. The van der Waals surface area contributed by atoms with Crippen molar-refractivity contribution in [2.45, 2.75) is 20.3 Å². The van der Waals surface area contributed by atoms with Gasteiger partial charge in [-0.05, 0) is 49.7 Å². The minimum Gasteiger partial charge on any atom is -0.326 e. The van der Waals surface area contributed by atoms with Crippen LogP contribution in [0.4, 0.5) is 11.4 Å². The summed E-state index contributed by atoms with van der Waals surface area (Å²) < 4.78 is 0. The van der Waals surface area contributed by atoms with E-state index in [0.29, 0.717) is 10.7 Å². The highest BCUT2D eigenvalue weighted by molar-refractivity contribution is 6.30. The third-order valence-electron chi connectivity index (χ3n) is 3.11. The maximum Gasteiger partial charge on any atom is 0.233 e. The summed E-state index contributed by atoms with van der Waals surface area (Å²) >= 11 is 5.77. The van der Waals surface area contributed by atoms with Crippen LogP contribution in [0.15, 0.2) is 42.5 Å². The molecular weight excluding hydrogens is 300 g/mol. The van der Waals surface area contributed by atoms with Gasteiger partial charge in [0.25, 0.3) is 0 Å². The summed E-state index contributed by atoms with van der Waals surface area (Å²) in [5, 5.41) is 5.98. The highest BCUT2D eigenvalue weighted by Gasteiger charge is 2.11. The lowest BCUT2D eigenvalue weighted by molar-refractivity contribution is -0.123. The van der Waals surface area contributed by atoms with Crippen molar-refractivity contribution in [1.29, 1.82) is 0 Å². The van der Waals surface area contributed by atoms with Crippen LogP contribution in [0, 0.1) is 13.8 Å². The molecule has 114 valence electrons. The van der Waals surface area contributed by atoms with Crippen LogP contribution in [0.3, 0.4) is 0 Å². The minimum atomic E-state index is -0.371. The van der Waals surface area contributed by atoms with Crippen LogP contribution >= 0.6 is 11.6 Å². The summed E-state index contributed by atoms with van der Waals surface area (Å²) in [5.41, 5.74) is 3.41. The minimum absolute atomic E-state index is 0.240. The molecule has 22 heavy (non-hydrogen) atoms. The van der Waals surface area contributed by atoms with E-state index in [4.69, 9.17) is 11.6 Å². The van der Waals surface area contributed by atoms with Crippen molar-refractivity contribution >= 4 is 34.8 Å². The van der Waals surface area contributed by atoms with E-state index >= 15 is 0 Å². The maximum atomic E-state index is 11.9. The molecular formula is C17H17ClN2O2. The monoisotopic (exact) mass is 316 g/mol. The second kappa shape index (κ2) is 7.09. The zero-order chi connectivity index (χ0) is 16.1. The van der Waals surface area contributed by atoms with Gasteiger partial charge in [-0.3, -0.25) is 9.59 Å². The molecule has 4 nitrogen and oxygen atoms in total. The predicted octanol–water partition coefficient (Wildman–Crippen LogP) is 3.92. The van der Waals surface area contributed by atoms with Crippen LogP contribution in [0.25, 0.3) is 0 Å². The van der Waals surface area contributed by atoms with E-state index in [9.17, 15) is 9.59 Å². The summed E-state index contributed by atoms with van der Waals surface area (Å²) in [7, 11) is 0. The number of nitrogens with one attached hydrogen (secondary N) is 2. The number of carbonyl (C=O) groups excluding carboxylic acids is 2. The van der Waals surface area contributed by atoms with Crippen LogP contribution in [0.2, 0.25) is 5.02 Å². The summed E-state index contributed by atoms with van der Waals surface area (Å²) in [6.07, 6.45) is -0.240. The van der Waals surface area contributed by atoms with E-state index in [1.54, 1.807) is 24.3 Å². The molecule has 0 saturated carbocycles. The Bertz CT molecular complexity index is 696. The molecule has 2 aromatic carbocycles. The van der Waals surface area contributed by atoms with Crippen molar-refractivity contribution in [2.75, 3.05) is 10.6 Å². The summed E-state index contributed by atoms with van der Waals surface area (Å²) in [4.78, 5) is 23.7. The molecule has 2 N–H and O–H groups in total. The molecule has 0 unspecified atom stereocenters. The van der Waals surface area contributed by atoms with Gasteiger partial charge in [0.15, 0.2) is 0 Å². The van der Waals surface area contributed by atoms with Gasteiger partial charge >= 0.3 is 0 Å². The Morgan fingerprint density at radius 3 is 2.23 bits per heavy atom. The smallest absolute Gasteiger partial charge is 0.233 e. The fraction of sp³-hybridized carbons (Fsp3) is 0.176. The number of hydrogen-bond acceptors (Lipinski definition) is 2. The van der Waals surface area contributed by atoms with Gasteiger partial charge < -0.3 is 10.6 Å². The molecule has 0 aliphatic rings. The first kappa shape index (κ1) is 16.0. The Balaban J connectivity index is 1.91. The van der Waals surface area contributed by atoms with Gasteiger partial charge in [-0.1, -0.05) is 29.3 Å². The molecule has 5 heteroatoms. The van der Waals surface area contributed by atoms with E-state index < -0.39 is 0 Å². The average molecular weight is 317 g/mol. The van der Waals surface area contributed by atoms with E-state index in [1.807, 2.05) is 32.0 Å². The number of carbonyl (C=O) groups is 2. The van der Waals surface area contributed by atoms with Gasteiger partial charge in [0, 0.05) is 16.4 Å². The molecule has 0 aromatic heterocycles. The first-order valence-electron chi connectivity index (χ1n) is 6.86. The van der Waals surface area contributed by atoms with Crippen molar-refractivity contribution in [1.82, 2.24) is 0 Å². The zero-order valence-corrected chi connectivity index (χ0v) is 13.2. The molecule has 0 heterocycles. The van der Waals surface area contributed by atoms with Gasteiger partial charge in [0.2, 0.25) is 11.8 Å². The van der Waals surface area contributed by atoms with Crippen molar-refractivity contribution in [2.24, 2.45) is 0 Å². The molecule has 2 aromatic rings. The Hall–Kier alpha value is -2.33. The molecule has 0 radical (unpaired) electrons. The van der Waals surface area contributed by atoms with Gasteiger partial charge in [-0.25, -0.2) is 0 Å². The third-order valence-corrected chi connectivity index (χ3v) is 3.36. The van der Waals surface area contributed by atoms with E-state index in [0.717, 1.165) is 16.8 Å². The van der Waals surface area contributed by atoms with Crippen molar-refractivity contribution < 1.29 is 9.59 Å². The Morgan fingerprint density at radius 1 is 0.955 bits per heavy atom. The summed E-state index contributed by atoms with van der Waals surface area (Å²) in [5.74, 6) is -0.719. The molecule has 0 bridgehead atoms. The molecule has 2 rings (SSSR count). The van der Waals surface area contributed by atoms with E-state index in [1.165, 1.54) is 0 Å². The molecule has 0 aliphatic heterocycles. The van der Waals surface area contributed by atoms with Crippen LogP contribution < -0.4 is 10.6 Å². The highest BCUT2D eigenvalue weighted by Crippen LogP contribution is 2.17. The normalized spacial score (nSPS) is 10.1. The molecule has 0 spiro atoms. The largest absolute Gasteiger partial charge is 0.326 e. The van der Waals surface area contributed by atoms with Crippen molar-refractivity contribution in [3.05, 3.63) is 58.6 Å². The molecule has 0 atom stereocenters. The number of benzene rings is 2. The van der Waals surface area contributed by atoms with Crippen molar-refractivity contribution in [3.63, 3.8) is 0 Å². The number of anilines is 2. The standard InChI is InChI=1S/C17H17ClN2O2/c1-11-3-8-15(12(2)9-11)20-17(22)10-16(21)19-14-6-4-13(18)5-7-14/h3-9H,10H2,1-2H3,(H,19,21)(H,20,22). The number of amides is 2. The highest BCUT2D eigenvalue weighted by atomic mass is 35.5. The molecule has 2 amide bonds. The lowest BCUT2D eigenvalue weighted by Crippen LogP contribution is -2.21. The maximum absolute atomic E-state index is 11.9. The van der Waals surface area contributed by atoms with Crippen LogP contribution in [0.5, 0.6) is 0 Å². The summed E-state index contributed by atoms with van der Waals surface area (Å²) in [6.45, 7) is 3.90. The number of aryl methyl sites for hydroxylation is 2. The van der Waals surface area contributed by atoms with E-state index in [2.05, 4.69) is 10.6 Å². The summed E-state index contributed by atoms with van der Waals surface area (Å²) in [6, 6.07) is 12.4. The van der Waals surface area contributed by atoms with Crippen LogP contribution in [-0.2, 0) is 9.59 Å². The Morgan fingerprint density at radius 2 is 1.59 bits per heavy atom. The lowest BCUT2D eigenvalue weighted by atomic mass is 10.1. The Kier molecular flexibility index (Phi) is 5.17. The predicted molar refractivity (Wildman–Crippen MR) is 89.2 cm³/mol. The second-order valence-corrected chi connectivity index (χ2v) is 5.53. The van der Waals surface area contributed by atoms with Gasteiger partial charge in [-0.15, -0.1) is 0 Å². The molecule has 0 aliphatic carbocycles. The number of halogens is 1. The zero-order valence-electron chi connectivity index (χ0n) is 12.4. The van der Waals surface area contributed by atoms with Crippen molar-refractivity contribution in [3.8, 4) is 0 Å².